The van der Waals surface area contributed by atoms with Gasteiger partial charge in [-0.05, 0) is 18.7 Å². The highest BCUT2D eigenvalue weighted by atomic mass is 16.3. The predicted octanol–water partition coefficient (Wildman–Crippen LogP) is 3.96. The second-order valence-corrected chi connectivity index (χ2v) is 7.69. The van der Waals surface area contributed by atoms with Gasteiger partial charge in [0.15, 0.2) is 0 Å². The molecule has 0 fully saturated rings. The highest BCUT2D eigenvalue weighted by Gasteiger charge is 2.18. The van der Waals surface area contributed by atoms with Crippen molar-refractivity contribution >= 4 is 0 Å². The number of aromatic amines is 1. The summed E-state index contributed by atoms with van der Waals surface area (Å²) in [6.45, 7) is 7.71. The number of aromatic nitrogens is 2. The van der Waals surface area contributed by atoms with Crippen molar-refractivity contribution in [1.82, 2.24) is 14.9 Å². The maximum atomic E-state index is 12.2. The van der Waals surface area contributed by atoms with Crippen molar-refractivity contribution in [3.8, 4) is 11.4 Å². The predicted molar refractivity (Wildman–Crippen MR) is 103 cm³/mol. The summed E-state index contributed by atoms with van der Waals surface area (Å²) in [6, 6.07) is 11.6. The zero-order chi connectivity index (χ0) is 18.7. The minimum atomic E-state index is -0.184. The zero-order valence-electron chi connectivity index (χ0n) is 15.7. The summed E-state index contributed by atoms with van der Waals surface area (Å²) in [6.07, 6.45) is 3.44. The molecule has 3 aromatic rings. The number of furan rings is 1. The third-order valence-electron chi connectivity index (χ3n) is 4.26. The molecule has 136 valence electrons. The van der Waals surface area contributed by atoms with Crippen LogP contribution in [0.15, 0.2) is 58.1 Å². The summed E-state index contributed by atoms with van der Waals surface area (Å²) in [5.74, 6) is 0.620. The van der Waals surface area contributed by atoms with E-state index < -0.39 is 0 Å². The van der Waals surface area contributed by atoms with E-state index in [1.807, 2.05) is 24.3 Å². The molecule has 0 spiro atoms. The highest BCUT2D eigenvalue weighted by Crippen LogP contribution is 2.24. The molecule has 5 nitrogen and oxygen atoms in total. The Labute approximate surface area is 153 Å². The maximum Gasteiger partial charge on any atom is 0.251 e. The standard InChI is InChI=1S/C21H25N3O2/c1-21(2,3)18-11-19(25)23-20(22-18)17-8-6-5-7-16(17)13-24(4)12-15-9-10-26-14-15/h5-11,14H,12-13H2,1-4H3,(H,22,23,25). The molecule has 0 aliphatic carbocycles. The van der Waals surface area contributed by atoms with E-state index in [9.17, 15) is 4.79 Å². The Bertz CT molecular complexity index is 921. The lowest BCUT2D eigenvalue weighted by Crippen LogP contribution is -2.21. The Morgan fingerprint density at radius 3 is 2.62 bits per heavy atom. The molecule has 0 amide bonds. The summed E-state index contributed by atoms with van der Waals surface area (Å²) < 4.78 is 5.14. The van der Waals surface area contributed by atoms with E-state index in [1.165, 1.54) is 0 Å². The van der Waals surface area contributed by atoms with Crippen LogP contribution in [0.1, 0.15) is 37.6 Å². The molecule has 0 saturated heterocycles. The summed E-state index contributed by atoms with van der Waals surface area (Å²) in [4.78, 5) is 22.0. The van der Waals surface area contributed by atoms with E-state index in [-0.39, 0.29) is 11.0 Å². The maximum absolute atomic E-state index is 12.2. The monoisotopic (exact) mass is 351 g/mol. The van der Waals surface area contributed by atoms with Gasteiger partial charge in [0, 0.05) is 35.7 Å². The molecule has 0 unspecified atom stereocenters. The van der Waals surface area contributed by atoms with E-state index in [0.717, 1.165) is 35.5 Å². The molecule has 1 N–H and O–H groups in total. The van der Waals surface area contributed by atoms with Crippen molar-refractivity contribution in [2.75, 3.05) is 7.05 Å². The SMILES string of the molecule is CN(Cc1ccoc1)Cc1ccccc1-c1nc(C(C)(C)C)cc(=O)[nH]1. The number of benzene rings is 1. The third kappa shape index (κ3) is 4.29. The average Bonchev–Trinajstić information content (AvgIpc) is 3.06. The Balaban J connectivity index is 1.92. The van der Waals surface area contributed by atoms with E-state index >= 15 is 0 Å². The van der Waals surface area contributed by atoms with Crippen LogP contribution in [0.2, 0.25) is 0 Å². The lowest BCUT2D eigenvalue weighted by molar-refractivity contribution is 0.318. The summed E-state index contributed by atoms with van der Waals surface area (Å²) in [5, 5.41) is 0. The van der Waals surface area contributed by atoms with Crippen LogP contribution < -0.4 is 5.56 Å². The first-order chi connectivity index (χ1) is 12.3. The van der Waals surface area contributed by atoms with Gasteiger partial charge >= 0.3 is 0 Å². The Morgan fingerprint density at radius 1 is 1.15 bits per heavy atom. The number of hydrogen-bond donors (Lipinski definition) is 1. The van der Waals surface area contributed by atoms with Crippen molar-refractivity contribution < 1.29 is 4.42 Å². The zero-order valence-corrected chi connectivity index (χ0v) is 15.7. The van der Waals surface area contributed by atoms with E-state index in [2.05, 4.69) is 43.8 Å². The first-order valence-corrected chi connectivity index (χ1v) is 8.72. The lowest BCUT2D eigenvalue weighted by Gasteiger charge is -2.20. The van der Waals surface area contributed by atoms with Crippen LogP contribution in [0.3, 0.4) is 0 Å². The van der Waals surface area contributed by atoms with Gasteiger partial charge in [0.1, 0.15) is 5.82 Å². The van der Waals surface area contributed by atoms with Gasteiger partial charge in [-0.3, -0.25) is 9.69 Å². The summed E-state index contributed by atoms with van der Waals surface area (Å²) in [5.41, 5.74) is 3.68. The fourth-order valence-electron chi connectivity index (χ4n) is 2.90. The van der Waals surface area contributed by atoms with Crippen LogP contribution >= 0.6 is 0 Å². The summed E-state index contributed by atoms with van der Waals surface area (Å²) >= 11 is 0. The molecule has 0 aliphatic heterocycles. The van der Waals surface area contributed by atoms with Crippen LogP contribution in [-0.2, 0) is 18.5 Å². The van der Waals surface area contributed by atoms with Crippen LogP contribution in [-0.4, -0.2) is 21.9 Å². The van der Waals surface area contributed by atoms with Gasteiger partial charge in [0.05, 0.1) is 18.2 Å². The molecule has 2 heterocycles. The molecular formula is C21H25N3O2. The van der Waals surface area contributed by atoms with Gasteiger partial charge < -0.3 is 9.40 Å². The molecule has 1 aromatic carbocycles. The summed E-state index contributed by atoms with van der Waals surface area (Å²) in [7, 11) is 2.06. The number of nitrogens with zero attached hydrogens (tertiary/aromatic N) is 2. The topological polar surface area (TPSA) is 62.1 Å². The van der Waals surface area contributed by atoms with Gasteiger partial charge in [-0.1, -0.05) is 45.0 Å². The van der Waals surface area contributed by atoms with Gasteiger partial charge in [0.25, 0.3) is 5.56 Å². The molecule has 0 radical (unpaired) electrons. The Kier molecular flexibility index (Phi) is 5.09. The molecule has 0 saturated carbocycles. The molecule has 3 rings (SSSR count). The van der Waals surface area contributed by atoms with E-state index in [4.69, 9.17) is 9.40 Å². The number of hydrogen-bond acceptors (Lipinski definition) is 4. The third-order valence-corrected chi connectivity index (χ3v) is 4.26. The van der Waals surface area contributed by atoms with Crippen molar-refractivity contribution in [2.45, 2.75) is 39.3 Å². The van der Waals surface area contributed by atoms with Crippen molar-refractivity contribution in [3.63, 3.8) is 0 Å². The van der Waals surface area contributed by atoms with Crippen LogP contribution in [0.25, 0.3) is 11.4 Å². The largest absolute Gasteiger partial charge is 0.472 e. The second-order valence-electron chi connectivity index (χ2n) is 7.69. The van der Waals surface area contributed by atoms with E-state index in [0.29, 0.717) is 5.82 Å². The number of nitrogens with one attached hydrogen (secondary N) is 1. The van der Waals surface area contributed by atoms with Crippen molar-refractivity contribution in [3.05, 3.63) is 76.1 Å². The first kappa shape index (κ1) is 18.1. The van der Waals surface area contributed by atoms with Crippen LogP contribution in [0, 0.1) is 0 Å². The fraction of sp³-hybridized carbons (Fsp3) is 0.333. The molecule has 26 heavy (non-hydrogen) atoms. The smallest absolute Gasteiger partial charge is 0.251 e. The van der Waals surface area contributed by atoms with E-state index in [1.54, 1.807) is 18.6 Å². The quantitative estimate of drug-likeness (QED) is 0.756. The minimum Gasteiger partial charge on any atom is -0.472 e. The van der Waals surface area contributed by atoms with Crippen molar-refractivity contribution in [2.24, 2.45) is 0 Å². The molecule has 0 aliphatic rings. The van der Waals surface area contributed by atoms with Gasteiger partial charge in [0.2, 0.25) is 0 Å². The molecule has 0 atom stereocenters. The second kappa shape index (κ2) is 7.30. The van der Waals surface area contributed by atoms with Gasteiger partial charge in [-0.25, -0.2) is 4.98 Å². The average molecular weight is 351 g/mol. The first-order valence-electron chi connectivity index (χ1n) is 8.72. The normalized spacial score (nSPS) is 11.9. The number of H-pyrrole nitrogens is 1. The van der Waals surface area contributed by atoms with Crippen molar-refractivity contribution in [1.29, 1.82) is 0 Å². The van der Waals surface area contributed by atoms with Crippen LogP contribution in [0.4, 0.5) is 0 Å². The molecule has 2 aromatic heterocycles. The van der Waals surface area contributed by atoms with Gasteiger partial charge in [-0.2, -0.15) is 0 Å². The Morgan fingerprint density at radius 2 is 1.92 bits per heavy atom. The van der Waals surface area contributed by atoms with Gasteiger partial charge in [-0.15, -0.1) is 0 Å². The molecule has 0 bridgehead atoms. The lowest BCUT2D eigenvalue weighted by atomic mass is 9.92. The Hall–Kier alpha value is -2.66. The number of rotatable bonds is 5. The molecular weight excluding hydrogens is 326 g/mol. The minimum absolute atomic E-state index is 0.124. The molecule has 5 heteroatoms. The fourth-order valence-corrected chi connectivity index (χ4v) is 2.90. The highest BCUT2D eigenvalue weighted by molar-refractivity contribution is 5.60. The van der Waals surface area contributed by atoms with Crippen LogP contribution in [0.5, 0.6) is 0 Å².